The van der Waals surface area contributed by atoms with Gasteiger partial charge in [-0.1, -0.05) is 24.3 Å². The molecular formula is C14H16N+. The number of benzene rings is 1. The average molecular weight is 198 g/mol. The van der Waals surface area contributed by atoms with E-state index < -0.39 is 0 Å². The first kappa shape index (κ1) is 9.91. The molecular weight excluding hydrogens is 182 g/mol. The average Bonchev–Trinajstić information content (AvgIpc) is 2.20. The number of aromatic nitrogens is 1. The molecule has 2 aromatic rings. The number of rotatable bonds is 1. The van der Waals surface area contributed by atoms with Gasteiger partial charge in [0, 0.05) is 11.6 Å². The molecule has 0 unspecified atom stereocenters. The summed E-state index contributed by atoms with van der Waals surface area (Å²) < 4.78 is 2.08. The van der Waals surface area contributed by atoms with Gasteiger partial charge in [0.1, 0.15) is 7.05 Å². The predicted molar refractivity (Wildman–Crippen MR) is 62.5 cm³/mol. The summed E-state index contributed by atoms with van der Waals surface area (Å²) in [6.07, 6.45) is 4.25. The van der Waals surface area contributed by atoms with Crippen LogP contribution in [0.5, 0.6) is 0 Å². The Labute approximate surface area is 91.0 Å². The Bertz CT molecular complexity index is 486. The Balaban J connectivity index is 2.60. The fourth-order valence-corrected chi connectivity index (χ4v) is 1.92. The van der Waals surface area contributed by atoms with Crippen molar-refractivity contribution < 1.29 is 4.57 Å². The maximum atomic E-state index is 2.18. The van der Waals surface area contributed by atoms with Crippen molar-refractivity contribution in [1.29, 1.82) is 0 Å². The normalized spacial score (nSPS) is 10.3. The molecule has 0 radical (unpaired) electrons. The molecule has 0 bridgehead atoms. The van der Waals surface area contributed by atoms with E-state index in [9.17, 15) is 0 Å². The molecule has 76 valence electrons. The number of aryl methyl sites for hydroxylation is 3. The molecule has 0 spiro atoms. The highest BCUT2D eigenvalue weighted by molar-refractivity contribution is 5.69. The van der Waals surface area contributed by atoms with Crippen LogP contribution in [-0.4, -0.2) is 0 Å². The van der Waals surface area contributed by atoms with Crippen molar-refractivity contribution in [2.24, 2.45) is 7.05 Å². The van der Waals surface area contributed by atoms with Gasteiger partial charge in [-0.25, -0.2) is 4.57 Å². The molecule has 1 aromatic heterocycles. The Morgan fingerprint density at radius 1 is 0.867 bits per heavy atom. The van der Waals surface area contributed by atoms with Crippen LogP contribution in [0.25, 0.3) is 11.1 Å². The van der Waals surface area contributed by atoms with Gasteiger partial charge in [-0.3, -0.25) is 0 Å². The van der Waals surface area contributed by atoms with Gasteiger partial charge in [0.05, 0.1) is 0 Å². The van der Waals surface area contributed by atoms with Crippen molar-refractivity contribution in [3.8, 4) is 11.1 Å². The number of hydrogen-bond donors (Lipinski definition) is 0. The Hall–Kier alpha value is -1.63. The zero-order valence-corrected chi connectivity index (χ0v) is 9.49. The van der Waals surface area contributed by atoms with Crippen LogP contribution in [0.15, 0.2) is 42.7 Å². The van der Waals surface area contributed by atoms with E-state index in [-0.39, 0.29) is 0 Å². The van der Waals surface area contributed by atoms with Gasteiger partial charge in [-0.05, 0) is 30.5 Å². The smallest absolute Gasteiger partial charge is 0.172 e. The fourth-order valence-electron chi connectivity index (χ4n) is 1.92. The van der Waals surface area contributed by atoms with E-state index in [4.69, 9.17) is 0 Å². The van der Waals surface area contributed by atoms with Crippen LogP contribution in [0.1, 0.15) is 11.1 Å². The molecule has 0 saturated heterocycles. The van der Waals surface area contributed by atoms with Gasteiger partial charge in [0.15, 0.2) is 12.4 Å². The summed E-state index contributed by atoms with van der Waals surface area (Å²) in [5.74, 6) is 0. The van der Waals surface area contributed by atoms with Crippen LogP contribution in [-0.2, 0) is 7.05 Å². The lowest BCUT2D eigenvalue weighted by molar-refractivity contribution is -0.671. The van der Waals surface area contributed by atoms with E-state index >= 15 is 0 Å². The summed E-state index contributed by atoms with van der Waals surface area (Å²) >= 11 is 0. The number of pyridine rings is 1. The van der Waals surface area contributed by atoms with Gasteiger partial charge in [-0.2, -0.15) is 0 Å². The first-order chi connectivity index (χ1) is 7.18. The lowest BCUT2D eigenvalue weighted by Crippen LogP contribution is -2.26. The SMILES string of the molecule is Cc1ccccc1-c1cc[n+](C)cc1C. The lowest BCUT2D eigenvalue weighted by atomic mass is 9.98. The molecule has 0 amide bonds. The van der Waals surface area contributed by atoms with Crippen molar-refractivity contribution in [2.45, 2.75) is 13.8 Å². The van der Waals surface area contributed by atoms with Crippen LogP contribution in [0.2, 0.25) is 0 Å². The predicted octanol–water partition coefficient (Wildman–Crippen LogP) is 2.79. The molecule has 2 rings (SSSR count). The molecule has 1 heterocycles. The Morgan fingerprint density at radius 2 is 1.53 bits per heavy atom. The first-order valence-corrected chi connectivity index (χ1v) is 5.20. The second kappa shape index (κ2) is 3.85. The summed E-state index contributed by atoms with van der Waals surface area (Å²) in [4.78, 5) is 0. The Kier molecular flexibility index (Phi) is 2.55. The molecule has 0 saturated carbocycles. The molecule has 0 aliphatic heterocycles. The quantitative estimate of drug-likeness (QED) is 0.620. The molecule has 0 N–H and O–H groups in total. The van der Waals surface area contributed by atoms with Gasteiger partial charge in [-0.15, -0.1) is 0 Å². The van der Waals surface area contributed by atoms with Crippen molar-refractivity contribution >= 4 is 0 Å². The van der Waals surface area contributed by atoms with Crippen LogP contribution in [0.3, 0.4) is 0 Å². The maximum absolute atomic E-state index is 2.18. The summed E-state index contributed by atoms with van der Waals surface area (Å²) in [5, 5.41) is 0. The van der Waals surface area contributed by atoms with Gasteiger partial charge < -0.3 is 0 Å². The van der Waals surface area contributed by atoms with Crippen LogP contribution in [0, 0.1) is 13.8 Å². The molecule has 1 aromatic carbocycles. The molecule has 0 fully saturated rings. The van der Waals surface area contributed by atoms with Crippen LogP contribution < -0.4 is 4.57 Å². The van der Waals surface area contributed by atoms with E-state index in [2.05, 4.69) is 68.2 Å². The summed E-state index contributed by atoms with van der Waals surface area (Å²) in [6.45, 7) is 4.31. The van der Waals surface area contributed by atoms with E-state index in [1.165, 1.54) is 22.3 Å². The lowest BCUT2D eigenvalue weighted by Gasteiger charge is -2.07. The summed E-state index contributed by atoms with van der Waals surface area (Å²) in [7, 11) is 2.05. The minimum atomic E-state index is 1.31. The van der Waals surface area contributed by atoms with Gasteiger partial charge in [0.25, 0.3) is 0 Å². The summed E-state index contributed by atoms with van der Waals surface area (Å²) in [5.41, 5.74) is 5.30. The van der Waals surface area contributed by atoms with Crippen molar-refractivity contribution in [3.63, 3.8) is 0 Å². The molecule has 0 aliphatic carbocycles. The third kappa shape index (κ3) is 1.91. The minimum absolute atomic E-state index is 1.31. The van der Waals surface area contributed by atoms with Crippen molar-refractivity contribution in [1.82, 2.24) is 0 Å². The van der Waals surface area contributed by atoms with E-state index in [0.29, 0.717) is 0 Å². The standard InChI is InChI=1S/C14H16N/c1-11-6-4-5-7-13(11)14-8-9-15(3)10-12(14)2/h4-10H,1-3H3/q+1. The van der Waals surface area contributed by atoms with Crippen LogP contribution >= 0.6 is 0 Å². The highest BCUT2D eigenvalue weighted by Crippen LogP contribution is 2.24. The zero-order chi connectivity index (χ0) is 10.8. The second-order valence-corrected chi connectivity index (χ2v) is 4.02. The molecule has 1 nitrogen and oxygen atoms in total. The highest BCUT2D eigenvalue weighted by Gasteiger charge is 2.06. The monoisotopic (exact) mass is 198 g/mol. The van der Waals surface area contributed by atoms with E-state index in [0.717, 1.165) is 0 Å². The molecule has 15 heavy (non-hydrogen) atoms. The van der Waals surface area contributed by atoms with E-state index in [1.54, 1.807) is 0 Å². The topological polar surface area (TPSA) is 3.88 Å². The van der Waals surface area contributed by atoms with Crippen LogP contribution in [0.4, 0.5) is 0 Å². The molecule has 0 aliphatic rings. The number of hydrogen-bond acceptors (Lipinski definition) is 0. The van der Waals surface area contributed by atoms with E-state index in [1.807, 2.05) is 0 Å². The second-order valence-electron chi connectivity index (χ2n) is 4.02. The van der Waals surface area contributed by atoms with Crippen molar-refractivity contribution in [3.05, 3.63) is 53.9 Å². The fraction of sp³-hybridized carbons (Fsp3) is 0.214. The first-order valence-electron chi connectivity index (χ1n) is 5.20. The van der Waals surface area contributed by atoms with Crippen molar-refractivity contribution in [2.75, 3.05) is 0 Å². The third-order valence-corrected chi connectivity index (χ3v) is 2.73. The van der Waals surface area contributed by atoms with Gasteiger partial charge in [0.2, 0.25) is 0 Å². The number of nitrogens with zero attached hydrogens (tertiary/aromatic N) is 1. The molecule has 1 heteroatoms. The maximum Gasteiger partial charge on any atom is 0.172 e. The highest BCUT2D eigenvalue weighted by atomic mass is 14.9. The van der Waals surface area contributed by atoms with Gasteiger partial charge >= 0.3 is 0 Å². The third-order valence-electron chi connectivity index (χ3n) is 2.73. The minimum Gasteiger partial charge on any atom is -0.207 e. The largest absolute Gasteiger partial charge is 0.207 e. The molecule has 0 atom stereocenters. The zero-order valence-electron chi connectivity index (χ0n) is 9.49. The summed E-state index contributed by atoms with van der Waals surface area (Å²) in [6, 6.07) is 10.7. The Morgan fingerprint density at radius 3 is 2.20 bits per heavy atom.